The summed E-state index contributed by atoms with van der Waals surface area (Å²) >= 11 is 0. The van der Waals surface area contributed by atoms with Gasteiger partial charge in [0.1, 0.15) is 0 Å². The Morgan fingerprint density at radius 2 is 1.67 bits per heavy atom. The number of rotatable bonds is 10. The normalized spacial score (nSPS) is 13.4. The largest absolute Gasteiger partial charge is 0.396 e. The highest BCUT2D eigenvalue weighted by Crippen LogP contribution is 2.08. The van der Waals surface area contributed by atoms with Crippen LogP contribution in [0.15, 0.2) is 0 Å². The fraction of sp³-hybridized carbons (Fsp3) is 1.00. The van der Waals surface area contributed by atoms with Crippen LogP contribution in [0.1, 0.15) is 59.3 Å². The van der Waals surface area contributed by atoms with Crippen molar-refractivity contribution in [2.45, 2.75) is 65.3 Å². The molecule has 2 nitrogen and oxygen atoms in total. The van der Waals surface area contributed by atoms with Gasteiger partial charge in [-0.2, -0.15) is 0 Å². The summed E-state index contributed by atoms with van der Waals surface area (Å²) in [5.74, 6) is 0. The van der Waals surface area contributed by atoms with E-state index < -0.39 is 0 Å². The van der Waals surface area contributed by atoms with Crippen LogP contribution < -0.4 is 0 Å². The molecule has 0 spiro atoms. The molecule has 92 valence electrons. The first-order valence-corrected chi connectivity index (χ1v) is 6.61. The molecule has 0 heterocycles. The highest BCUT2D eigenvalue weighted by Gasteiger charge is 2.10. The number of aliphatic hydroxyl groups is 1. The van der Waals surface area contributed by atoms with E-state index in [4.69, 9.17) is 5.11 Å². The minimum atomic E-state index is 0.346. The van der Waals surface area contributed by atoms with Crippen molar-refractivity contribution in [2.75, 3.05) is 19.7 Å². The van der Waals surface area contributed by atoms with Gasteiger partial charge in [0.25, 0.3) is 0 Å². The van der Waals surface area contributed by atoms with Crippen LogP contribution >= 0.6 is 0 Å². The minimum Gasteiger partial charge on any atom is -0.396 e. The van der Waals surface area contributed by atoms with Gasteiger partial charge in [0, 0.05) is 12.6 Å². The SMILES string of the molecule is CCCCN(CCCCCO)C(C)CC. The molecule has 15 heavy (non-hydrogen) atoms. The zero-order valence-corrected chi connectivity index (χ0v) is 10.8. The van der Waals surface area contributed by atoms with E-state index in [-0.39, 0.29) is 0 Å². The van der Waals surface area contributed by atoms with Gasteiger partial charge in [-0.05, 0) is 52.1 Å². The first kappa shape index (κ1) is 14.9. The molecule has 0 aliphatic carbocycles. The summed E-state index contributed by atoms with van der Waals surface area (Å²) in [6, 6.07) is 0.714. The van der Waals surface area contributed by atoms with Crippen LogP contribution in [-0.2, 0) is 0 Å². The van der Waals surface area contributed by atoms with Gasteiger partial charge < -0.3 is 10.0 Å². The molecule has 0 bridgehead atoms. The fourth-order valence-corrected chi connectivity index (χ4v) is 1.78. The number of hydrogen-bond donors (Lipinski definition) is 1. The molecule has 1 N–H and O–H groups in total. The van der Waals surface area contributed by atoms with E-state index in [1.165, 1.54) is 38.8 Å². The Kier molecular flexibility index (Phi) is 10.4. The summed E-state index contributed by atoms with van der Waals surface area (Å²) in [6.07, 6.45) is 7.18. The molecule has 0 radical (unpaired) electrons. The second kappa shape index (κ2) is 10.4. The van der Waals surface area contributed by atoms with Crippen molar-refractivity contribution in [1.82, 2.24) is 4.90 Å². The lowest BCUT2D eigenvalue weighted by Gasteiger charge is -2.28. The minimum absolute atomic E-state index is 0.346. The maximum Gasteiger partial charge on any atom is 0.0431 e. The average molecular weight is 215 g/mol. The summed E-state index contributed by atoms with van der Waals surface area (Å²) < 4.78 is 0. The van der Waals surface area contributed by atoms with Gasteiger partial charge in [-0.25, -0.2) is 0 Å². The Morgan fingerprint density at radius 1 is 1.00 bits per heavy atom. The third kappa shape index (κ3) is 7.80. The summed E-state index contributed by atoms with van der Waals surface area (Å²) in [6.45, 7) is 9.62. The zero-order valence-electron chi connectivity index (χ0n) is 10.8. The van der Waals surface area contributed by atoms with E-state index in [0.717, 1.165) is 12.8 Å². The first-order chi connectivity index (χ1) is 7.26. The van der Waals surface area contributed by atoms with E-state index in [0.29, 0.717) is 12.6 Å². The summed E-state index contributed by atoms with van der Waals surface area (Å²) in [4.78, 5) is 2.60. The fourth-order valence-electron chi connectivity index (χ4n) is 1.78. The predicted octanol–water partition coefficient (Wildman–Crippen LogP) is 3.05. The van der Waals surface area contributed by atoms with Crippen molar-refractivity contribution in [3.05, 3.63) is 0 Å². The molecule has 0 amide bonds. The van der Waals surface area contributed by atoms with Crippen molar-refractivity contribution < 1.29 is 5.11 Å². The highest BCUT2D eigenvalue weighted by atomic mass is 16.2. The van der Waals surface area contributed by atoms with Gasteiger partial charge in [0.05, 0.1) is 0 Å². The van der Waals surface area contributed by atoms with E-state index >= 15 is 0 Å². The number of nitrogens with zero attached hydrogens (tertiary/aromatic N) is 1. The molecule has 0 saturated carbocycles. The van der Waals surface area contributed by atoms with Crippen LogP contribution in [0.3, 0.4) is 0 Å². The smallest absolute Gasteiger partial charge is 0.0431 e. The molecule has 1 unspecified atom stereocenters. The van der Waals surface area contributed by atoms with E-state index in [2.05, 4.69) is 25.7 Å². The van der Waals surface area contributed by atoms with Crippen LogP contribution in [0.2, 0.25) is 0 Å². The molecule has 0 aliphatic rings. The monoisotopic (exact) mass is 215 g/mol. The van der Waals surface area contributed by atoms with Crippen molar-refractivity contribution in [3.63, 3.8) is 0 Å². The molecule has 0 aromatic heterocycles. The number of hydrogen-bond acceptors (Lipinski definition) is 2. The third-order valence-corrected chi connectivity index (χ3v) is 3.12. The van der Waals surface area contributed by atoms with Crippen molar-refractivity contribution >= 4 is 0 Å². The lowest BCUT2D eigenvalue weighted by atomic mass is 10.1. The molecule has 2 heteroatoms. The van der Waals surface area contributed by atoms with Crippen LogP contribution in [0, 0.1) is 0 Å². The maximum atomic E-state index is 8.71. The Bertz CT molecular complexity index is 128. The van der Waals surface area contributed by atoms with Crippen LogP contribution in [-0.4, -0.2) is 35.7 Å². The molecule has 0 aromatic carbocycles. The standard InChI is InChI=1S/C13H29NO/c1-4-6-10-14(13(3)5-2)11-8-7-9-12-15/h13,15H,4-12H2,1-3H3. The van der Waals surface area contributed by atoms with Gasteiger partial charge in [-0.3, -0.25) is 0 Å². The molecule has 1 atom stereocenters. The molecule has 0 aromatic rings. The summed E-state index contributed by atoms with van der Waals surface area (Å²) in [5.41, 5.74) is 0. The first-order valence-electron chi connectivity index (χ1n) is 6.61. The Labute approximate surface area is 95.7 Å². The van der Waals surface area contributed by atoms with Gasteiger partial charge in [0.15, 0.2) is 0 Å². The van der Waals surface area contributed by atoms with Gasteiger partial charge in [0.2, 0.25) is 0 Å². The average Bonchev–Trinajstić information content (AvgIpc) is 2.27. The highest BCUT2D eigenvalue weighted by molar-refractivity contribution is 4.65. The van der Waals surface area contributed by atoms with Crippen LogP contribution in [0.25, 0.3) is 0 Å². The molecular formula is C13H29NO. The third-order valence-electron chi connectivity index (χ3n) is 3.12. The van der Waals surface area contributed by atoms with Gasteiger partial charge in [-0.1, -0.05) is 20.3 Å². The van der Waals surface area contributed by atoms with Gasteiger partial charge in [-0.15, -0.1) is 0 Å². The Morgan fingerprint density at radius 3 is 2.20 bits per heavy atom. The number of aliphatic hydroxyl groups excluding tert-OH is 1. The molecule has 0 fully saturated rings. The van der Waals surface area contributed by atoms with Crippen LogP contribution in [0.5, 0.6) is 0 Å². The van der Waals surface area contributed by atoms with E-state index in [1.54, 1.807) is 0 Å². The molecular weight excluding hydrogens is 186 g/mol. The van der Waals surface area contributed by atoms with Crippen LogP contribution in [0.4, 0.5) is 0 Å². The van der Waals surface area contributed by atoms with Crippen molar-refractivity contribution in [1.29, 1.82) is 0 Å². The molecule has 0 aliphatic heterocycles. The Hall–Kier alpha value is -0.0800. The lowest BCUT2D eigenvalue weighted by Crippen LogP contribution is -2.34. The quantitative estimate of drug-likeness (QED) is 0.566. The van der Waals surface area contributed by atoms with E-state index in [1.807, 2.05) is 0 Å². The number of unbranched alkanes of at least 4 members (excludes halogenated alkanes) is 3. The topological polar surface area (TPSA) is 23.5 Å². The second-order valence-electron chi connectivity index (χ2n) is 4.43. The second-order valence-corrected chi connectivity index (χ2v) is 4.43. The predicted molar refractivity (Wildman–Crippen MR) is 67.2 cm³/mol. The van der Waals surface area contributed by atoms with E-state index in [9.17, 15) is 0 Å². The summed E-state index contributed by atoms with van der Waals surface area (Å²) in [7, 11) is 0. The Balaban J connectivity index is 3.69. The van der Waals surface area contributed by atoms with Gasteiger partial charge >= 0.3 is 0 Å². The molecule has 0 rings (SSSR count). The summed E-state index contributed by atoms with van der Waals surface area (Å²) in [5, 5.41) is 8.71. The lowest BCUT2D eigenvalue weighted by molar-refractivity contribution is 0.193. The maximum absolute atomic E-state index is 8.71. The zero-order chi connectivity index (χ0) is 11.5. The van der Waals surface area contributed by atoms with Crippen molar-refractivity contribution in [2.24, 2.45) is 0 Å². The van der Waals surface area contributed by atoms with Crippen molar-refractivity contribution in [3.8, 4) is 0 Å². The molecule has 0 saturated heterocycles.